The van der Waals surface area contributed by atoms with Crippen molar-refractivity contribution < 1.29 is 0 Å². The van der Waals surface area contributed by atoms with Gasteiger partial charge < -0.3 is 9.88 Å². The lowest BCUT2D eigenvalue weighted by molar-refractivity contribution is 0.234. The van der Waals surface area contributed by atoms with Crippen LogP contribution in [0.1, 0.15) is 17.3 Å². The first kappa shape index (κ1) is 11.5. The first-order valence-electron chi connectivity index (χ1n) is 5.78. The number of nitrogens with one attached hydrogen (secondary N) is 1. The highest BCUT2D eigenvalue weighted by Gasteiger charge is 2.22. The van der Waals surface area contributed by atoms with Crippen LogP contribution in [-0.4, -0.2) is 36.6 Å². The SMILES string of the molecule is Cc1c(Cl)sc2[nH]c(C3CN(C)CC[N]3)cc12. The van der Waals surface area contributed by atoms with Gasteiger partial charge in [-0.25, -0.2) is 5.32 Å². The molecule has 17 heavy (non-hydrogen) atoms. The number of aryl methyl sites for hydroxylation is 1. The number of nitrogens with zero attached hydrogens (tertiary/aromatic N) is 2. The van der Waals surface area contributed by atoms with Crippen molar-refractivity contribution in [1.82, 2.24) is 15.2 Å². The van der Waals surface area contributed by atoms with Gasteiger partial charge in [0, 0.05) is 30.7 Å². The highest BCUT2D eigenvalue weighted by atomic mass is 35.5. The Kier molecular flexibility index (Phi) is 2.91. The van der Waals surface area contributed by atoms with Crippen LogP contribution in [0.3, 0.4) is 0 Å². The smallest absolute Gasteiger partial charge is 0.102 e. The van der Waals surface area contributed by atoms with Gasteiger partial charge in [-0.2, -0.15) is 0 Å². The molecule has 3 heterocycles. The van der Waals surface area contributed by atoms with E-state index in [-0.39, 0.29) is 6.04 Å². The summed E-state index contributed by atoms with van der Waals surface area (Å²) in [7, 11) is 2.15. The van der Waals surface area contributed by atoms with Crippen molar-refractivity contribution in [2.75, 3.05) is 26.7 Å². The minimum absolute atomic E-state index is 0.284. The van der Waals surface area contributed by atoms with Crippen LogP contribution in [0.25, 0.3) is 10.2 Å². The normalized spacial score (nSPS) is 22.4. The number of aromatic amines is 1. The Bertz CT molecular complexity index is 545. The van der Waals surface area contributed by atoms with Crippen LogP contribution < -0.4 is 5.32 Å². The second kappa shape index (κ2) is 4.28. The second-order valence-electron chi connectivity index (χ2n) is 4.65. The molecule has 1 unspecified atom stereocenters. The van der Waals surface area contributed by atoms with Crippen molar-refractivity contribution in [3.05, 3.63) is 21.7 Å². The third-order valence-corrected chi connectivity index (χ3v) is 4.89. The van der Waals surface area contributed by atoms with E-state index in [0.29, 0.717) is 0 Å². The highest BCUT2D eigenvalue weighted by molar-refractivity contribution is 7.22. The number of fused-ring (bicyclic) bond motifs is 1. The molecule has 1 aliphatic rings. The number of thiophene rings is 1. The van der Waals surface area contributed by atoms with Crippen molar-refractivity contribution in [2.45, 2.75) is 13.0 Å². The van der Waals surface area contributed by atoms with Gasteiger partial charge in [-0.3, -0.25) is 0 Å². The number of rotatable bonds is 1. The molecule has 1 N–H and O–H groups in total. The summed E-state index contributed by atoms with van der Waals surface area (Å²) in [6.07, 6.45) is 0. The lowest BCUT2D eigenvalue weighted by atomic mass is 10.1. The van der Waals surface area contributed by atoms with Gasteiger partial charge in [0.05, 0.1) is 10.4 Å². The van der Waals surface area contributed by atoms with E-state index in [2.05, 4.69) is 35.2 Å². The molecule has 0 spiro atoms. The Morgan fingerprint density at radius 3 is 3.12 bits per heavy atom. The zero-order valence-electron chi connectivity index (χ0n) is 9.96. The Labute approximate surface area is 110 Å². The van der Waals surface area contributed by atoms with Crippen LogP contribution in [0.4, 0.5) is 0 Å². The summed E-state index contributed by atoms with van der Waals surface area (Å²) in [4.78, 5) is 6.96. The van der Waals surface area contributed by atoms with Crippen molar-refractivity contribution in [2.24, 2.45) is 0 Å². The largest absolute Gasteiger partial charge is 0.349 e. The van der Waals surface area contributed by atoms with Crippen molar-refractivity contribution in [3.8, 4) is 0 Å². The molecule has 0 aliphatic carbocycles. The summed E-state index contributed by atoms with van der Waals surface area (Å²) < 4.78 is 0.885. The maximum Gasteiger partial charge on any atom is 0.102 e. The molecule has 2 aromatic rings. The number of aromatic nitrogens is 1. The molecular formula is C12H15ClN3S. The fraction of sp³-hybridized carbons (Fsp3) is 0.500. The molecule has 3 rings (SSSR count). The van der Waals surface area contributed by atoms with E-state index in [0.717, 1.165) is 24.0 Å². The summed E-state index contributed by atoms with van der Waals surface area (Å²) in [5, 5.41) is 5.92. The molecule has 2 aromatic heterocycles. The van der Waals surface area contributed by atoms with E-state index in [1.54, 1.807) is 11.3 Å². The summed E-state index contributed by atoms with van der Waals surface area (Å²) in [5.74, 6) is 0. The van der Waals surface area contributed by atoms with Gasteiger partial charge in [-0.05, 0) is 25.6 Å². The number of H-pyrrole nitrogens is 1. The van der Waals surface area contributed by atoms with E-state index in [1.807, 2.05) is 0 Å². The molecule has 1 atom stereocenters. The third kappa shape index (κ3) is 1.99. The maximum atomic E-state index is 6.12. The molecule has 0 aromatic carbocycles. The predicted molar refractivity (Wildman–Crippen MR) is 73.2 cm³/mol. The number of piperazine rings is 1. The third-order valence-electron chi connectivity index (χ3n) is 3.37. The average Bonchev–Trinajstić information content (AvgIpc) is 2.81. The van der Waals surface area contributed by atoms with Crippen LogP contribution in [-0.2, 0) is 0 Å². The summed E-state index contributed by atoms with van der Waals surface area (Å²) in [6.45, 7) is 5.06. The zero-order valence-corrected chi connectivity index (χ0v) is 11.5. The number of likely N-dealkylation sites (N-methyl/N-ethyl adjacent to an activating group) is 1. The number of hydrogen-bond acceptors (Lipinski definition) is 2. The van der Waals surface area contributed by atoms with E-state index < -0.39 is 0 Å². The van der Waals surface area contributed by atoms with E-state index in [4.69, 9.17) is 11.6 Å². The van der Waals surface area contributed by atoms with Crippen LogP contribution in [0, 0.1) is 6.92 Å². The van der Waals surface area contributed by atoms with E-state index >= 15 is 0 Å². The first-order valence-corrected chi connectivity index (χ1v) is 6.97. The second-order valence-corrected chi connectivity index (χ2v) is 6.28. The summed E-state index contributed by atoms with van der Waals surface area (Å²) in [5.41, 5.74) is 2.40. The van der Waals surface area contributed by atoms with Gasteiger partial charge in [0.2, 0.25) is 0 Å². The lowest BCUT2D eigenvalue weighted by Crippen LogP contribution is -2.40. The minimum Gasteiger partial charge on any atom is -0.349 e. The molecular weight excluding hydrogens is 254 g/mol. The molecule has 1 radical (unpaired) electrons. The molecule has 91 valence electrons. The van der Waals surface area contributed by atoms with Gasteiger partial charge >= 0.3 is 0 Å². The van der Waals surface area contributed by atoms with Crippen molar-refractivity contribution >= 4 is 33.2 Å². The Morgan fingerprint density at radius 2 is 2.41 bits per heavy atom. The van der Waals surface area contributed by atoms with E-state index in [1.165, 1.54) is 21.5 Å². The highest BCUT2D eigenvalue weighted by Crippen LogP contribution is 2.36. The summed E-state index contributed by atoms with van der Waals surface area (Å²) >= 11 is 7.74. The van der Waals surface area contributed by atoms with Crippen LogP contribution in [0.5, 0.6) is 0 Å². The van der Waals surface area contributed by atoms with Gasteiger partial charge in [0.25, 0.3) is 0 Å². The average molecular weight is 269 g/mol. The first-order chi connectivity index (χ1) is 8.15. The predicted octanol–water partition coefficient (Wildman–Crippen LogP) is 2.78. The minimum atomic E-state index is 0.284. The molecule has 1 fully saturated rings. The molecule has 0 bridgehead atoms. The molecule has 1 saturated heterocycles. The standard InChI is InChI=1S/C12H15ClN3S/c1-7-8-5-9(15-12(8)17-11(7)13)10-6-16(2)4-3-14-10/h5,10,15H,3-4,6H2,1-2H3. The number of hydrogen-bond donors (Lipinski definition) is 1. The molecule has 0 amide bonds. The molecule has 5 heteroatoms. The molecule has 0 saturated carbocycles. The lowest BCUT2D eigenvalue weighted by Gasteiger charge is -2.28. The Morgan fingerprint density at radius 1 is 1.59 bits per heavy atom. The topological polar surface area (TPSA) is 33.1 Å². The van der Waals surface area contributed by atoms with Crippen LogP contribution in [0.15, 0.2) is 6.07 Å². The van der Waals surface area contributed by atoms with E-state index in [9.17, 15) is 0 Å². The Hall–Kier alpha value is -0.550. The fourth-order valence-electron chi connectivity index (χ4n) is 2.29. The molecule has 1 aliphatic heterocycles. The van der Waals surface area contributed by atoms with Crippen LogP contribution in [0.2, 0.25) is 4.34 Å². The fourth-order valence-corrected chi connectivity index (χ4v) is 3.56. The monoisotopic (exact) mass is 268 g/mol. The van der Waals surface area contributed by atoms with Crippen molar-refractivity contribution in [1.29, 1.82) is 0 Å². The van der Waals surface area contributed by atoms with Gasteiger partial charge in [-0.1, -0.05) is 11.6 Å². The van der Waals surface area contributed by atoms with Gasteiger partial charge in [0.1, 0.15) is 4.83 Å². The van der Waals surface area contributed by atoms with Gasteiger partial charge in [0.15, 0.2) is 0 Å². The van der Waals surface area contributed by atoms with Crippen LogP contribution >= 0.6 is 22.9 Å². The zero-order chi connectivity index (χ0) is 12.0. The van der Waals surface area contributed by atoms with Gasteiger partial charge in [-0.15, -0.1) is 11.3 Å². The summed E-state index contributed by atoms with van der Waals surface area (Å²) in [6, 6.07) is 2.49. The Balaban J connectivity index is 1.95. The maximum absolute atomic E-state index is 6.12. The number of halogens is 1. The quantitative estimate of drug-likeness (QED) is 0.848. The molecule has 3 nitrogen and oxygen atoms in total. The van der Waals surface area contributed by atoms with Crippen molar-refractivity contribution in [3.63, 3.8) is 0 Å².